The van der Waals surface area contributed by atoms with E-state index in [1.807, 2.05) is 13.0 Å². The Hall–Kier alpha value is -1.47. The lowest BCUT2D eigenvalue weighted by atomic mass is 9.32. The van der Waals surface area contributed by atoms with E-state index >= 15 is 0 Å². The van der Waals surface area contributed by atoms with Crippen LogP contribution >= 0.6 is 0 Å². The summed E-state index contributed by atoms with van der Waals surface area (Å²) >= 11 is 0. The van der Waals surface area contributed by atoms with E-state index in [0.717, 1.165) is 44.9 Å². The molecule has 1 N–H and O–H groups in total. The maximum absolute atomic E-state index is 14.2. The van der Waals surface area contributed by atoms with E-state index in [1.165, 1.54) is 0 Å². The molecule has 4 fully saturated rings. The van der Waals surface area contributed by atoms with Crippen LogP contribution in [0.5, 0.6) is 0 Å². The standard InChI is InChI=1S/C30H43NO3/c1-18-19-8-9-28(5)23(27(19,4)16-21(31-7)25(18)34)14-22(33)24-20-15-26(2,3)10-12-30(20,17-32)13-11-29(24,28)6/h16,18-20,23-24,32H,8-15,17H2,1-6H3/t18-,19-,20-,23+,24-,27-,28+,29+,30+/m0/s1. The highest BCUT2D eigenvalue weighted by Gasteiger charge is 2.71. The summed E-state index contributed by atoms with van der Waals surface area (Å²) in [6.45, 7) is 21.6. The molecule has 0 heterocycles. The summed E-state index contributed by atoms with van der Waals surface area (Å²) in [7, 11) is 0. The topological polar surface area (TPSA) is 58.7 Å². The van der Waals surface area contributed by atoms with Gasteiger partial charge < -0.3 is 9.90 Å². The van der Waals surface area contributed by atoms with E-state index in [2.05, 4.69) is 39.5 Å². The fourth-order valence-electron chi connectivity index (χ4n) is 10.3. The van der Waals surface area contributed by atoms with Gasteiger partial charge in [0, 0.05) is 24.9 Å². The molecule has 0 saturated heterocycles. The number of hydrogen-bond acceptors (Lipinski definition) is 3. The Labute approximate surface area is 205 Å². The van der Waals surface area contributed by atoms with Crippen LogP contribution in [0.2, 0.25) is 0 Å². The highest BCUT2D eigenvalue weighted by atomic mass is 16.3. The molecule has 4 nitrogen and oxygen atoms in total. The van der Waals surface area contributed by atoms with Crippen LogP contribution in [-0.2, 0) is 9.59 Å². The normalized spacial score (nSPS) is 51.8. The van der Waals surface area contributed by atoms with Gasteiger partial charge in [0.1, 0.15) is 5.78 Å². The van der Waals surface area contributed by atoms with Gasteiger partial charge in [-0.15, -0.1) is 0 Å². The minimum Gasteiger partial charge on any atom is -0.396 e. The van der Waals surface area contributed by atoms with Crippen LogP contribution in [0.25, 0.3) is 4.85 Å². The van der Waals surface area contributed by atoms with Crippen molar-refractivity contribution in [2.24, 2.45) is 56.7 Å². The Morgan fingerprint density at radius 3 is 2.32 bits per heavy atom. The minimum atomic E-state index is -0.304. The smallest absolute Gasteiger partial charge is 0.226 e. The molecular weight excluding hydrogens is 422 g/mol. The van der Waals surface area contributed by atoms with Crippen molar-refractivity contribution >= 4 is 11.6 Å². The van der Waals surface area contributed by atoms with Crippen molar-refractivity contribution in [3.05, 3.63) is 23.2 Å². The largest absolute Gasteiger partial charge is 0.396 e. The molecule has 0 aromatic carbocycles. The average molecular weight is 466 g/mol. The van der Waals surface area contributed by atoms with Gasteiger partial charge in [0.2, 0.25) is 5.70 Å². The first-order valence-electron chi connectivity index (χ1n) is 13.6. The molecule has 0 aromatic heterocycles. The number of carbonyl (C=O) groups is 2. The number of aliphatic hydroxyl groups is 1. The predicted octanol–water partition coefficient (Wildman–Crippen LogP) is 6.24. The number of aliphatic hydroxyl groups excluding tert-OH is 1. The van der Waals surface area contributed by atoms with E-state index in [-0.39, 0.29) is 74.8 Å². The Balaban J connectivity index is 1.62. The molecule has 0 aromatic rings. The van der Waals surface area contributed by atoms with Gasteiger partial charge in [-0.1, -0.05) is 47.6 Å². The molecule has 5 aliphatic rings. The Morgan fingerprint density at radius 1 is 1.00 bits per heavy atom. The van der Waals surface area contributed by atoms with E-state index in [9.17, 15) is 14.7 Å². The number of carbonyl (C=O) groups excluding carboxylic acids is 2. The number of hydrogen-bond donors (Lipinski definition) is 1. The molecule has 186 valence electrons. The maximum Gasteiger partial charge on any atom is 0.226 e. The second-order valence-electron chi connectivity index (χ2n) is 14.3. The van der Waals surface area contributed by atoms with Gasteiger partial charge in [-0.25, -0.2) is 4.85 Å². The van der Waals surface area contributed by atoms with Crippen molar-refractivity contribution in [1.82, 2.24) is 0 Å². The van der Waals surface area contributed by atoms with Crippen molar-refractivity contribution in [2.45, 2.75) is 92.9 Å². The zero-order chi connectivity index (χ0) is 24.9. The van der Waals surface area contributed by atoms with E-state index < -0.39 is 0 Å². The van der Waals surface area contributed by atoms with Gasteiger partial charge in [0.15, 0.2) is 5.78 Å². The summed E-state index contributed by atoms with van der Waals surface area (Å²) in [4.78, 5) is 30.7. The predicted molar refractivity (Wildman–Crippen MR) is 132 cm³/mol. The Bertz CT molecular complexity index is 1010. The fraction of sp³-hybridized carbons (Fsp3) is 0.833. The van der Waals surface area contributed by atoms with Crippen LogP contribution < -0.4 is 0 Å². The molecular formula is C30H43NO3. The van der Waals surface area contributed by atoms with Crippen molar-refractivity contribution in [2.75, 3.05) is 6.61 Å². The Morgan fingerprint density at radius 2 is 1.68 bits per heavy atom. The van der Waals surface area contributed by atoms with Crippen LogP contribution in [0.1, 0.15) is 92.9 Å². The monoisotopic (exact) mass is 465 g/mol. The van der Waals surface area contributed by atoms with E-state index in [4.69, 9.17) is 6.57 Å². The summed E-state index contributed by atoms with van der Waals surface area (Å²) in [5.74, 6) is 0.815. The average Bonchev–Trinajstić information content (AvgIpc) is 2.77. The summed E-state index contributed by atoms with van der Waals surface area (Å²) in [5, 5.41) is 10.6. The molecule has 4 saturated carbocycles. The van der Waals surface area contributed by atoms with E-state index in [1.54, 1.807) is 0 Å². The van der Waals surface area contributed by atoms with Crippen LogP contribution in [-0.4, -0.2) is 23.3 Å². The first-order valence-corrected chi connectivity index (χ1v) is 13.6. The third-order valence-electron chi connectivity index (χ3n) is 12.6. The quantitative estimate of drug-likeness (QED) is 0.466. The summed E-state index contributed by atoms with van der Waals surface area (Å²) < 4.78 is 0. The van der Waals surface area contributed by atoms with Crippen molar-refractivity contribution in [3.63, 3.8) is 0 Å². The minimum absolute atomic E-state index is 0.00123. The first kappa shape index (κ1) is 24.2. The van der Waals surface area contributed by atoms with Crippen LogP contribution in [0.3, 0.4) is 0 Å². The second kappa shape index (κ2) is 7.28. The third kappa shape index (κ3) is 2.86. The molecule has 4 heteroatoms. The molecule has 5 aliphatic carbocycles. The van der Waals surface area contributed by atoms with Gasteiger partial charge in [-0.05, 0) is 89.8 Å². The number of rotatable bonds is 1. The van der Waals surface area contributed by atoms with Gasteiger partial charge in [0.05, 0.1) is 6.57 Å². The molecule has 0 unspecified atom stereocenters. The third-order valence-corrected chi connectivity index (χ3v) is 12.6. The summed E-state index contributed by atoms with van der Waals surface area (Å²) in [5.41, 5.74) is -0.0650. The Kier molecular flexibility index (Phi) is 5.19. The zero-order valence-electron chi connectivity index (χ0n) is 22.0. The molecule has 9 atom stereocenters. The maximum atomic E-state index is 14.2. The molecule has 5 rings (SSSR count). The van der Waals surface area contributed by atoms with Gasteiger partial charge in [-0.2, -0.15) is 0 Å². The number of nitrogens with zero attached hydrogens (tertiary/aromatic N) is 1. The molecule has 0 amide bonds. The van der Waals surface area contributed by atoms with Gasteiger partial charge in [0.25, 0.3) is 0 Å². The fourth-order valence-corrected chi connectivity index (χ4v) is 10.3. The number of allylic oxidation sites excluding steroid dienone is 2. The summed E-state index contributed by atoms with van der Waals surface area (Å²) in [6.07, 6.45) is 9.72. The first-order chi connectivity index (χ1) is 15.8. The lowest BCUT2D eigenvalue weighted by Crippen LogP contribution is -2.68. The molecule has 0 spiro atoms. The lowest BCUT2D eigenvalue weighted by molar-refractivity contribution is -0.223. The highest BCUT2D eigenvalue weighted by molar-refractivity contribution is 6.00. The lowest BCUT2D eigenvalue weighted by Gasteiger charge is -2.71. The van der Waals surface area contributed by atoms with Crippen LogP contribution in [0.4, 0.5) is 0 Å². The molecule has 0 aliphatic heterocycles. The molecule has 0 bridgehead atoms. The molecule has 0 radical (unpaired) electrons. The van der Waals surface area contributed by atoms with Crippen molar-refractivity contribution < 1.29 is 14.7 Å². The second-order valence-corrected chi connectivity index (χ2v) is 14.3. The van der Waals surface area contributed by atoms with Crippen molar-refractivity contribution in [3.8, 4) is 0 Å². The van der Waals surface area contributed by atoms with Crippen molar-refractivity contribution in [1.29, 1.82) is 0 Å². The SMILES string of the molecule is [C-]#[N+]C1=C[C@]2(C)[C@H]3CC(=O)[C@@H]4[C@@H]5CC(C)(C)CC[C@]5(CO)CC[C@@]4(C)[C@]3(C)CC[C@H]2[C@H](C)C1=O. The van der Waals surface area contributed by atoms with Crippen LogP contribution in [0.15, 0.2) is 11.8 Å². The number of Topliss-reactive ketones (excluding diaryl/α,β-unsaturated/α-hetero) is 2. The van der Waals surface area contributed by atoms with Gasteiger partial charge in [-0.3, -0.25) is 4.79 Å². The zero-order valence-corrected chi connectivity index (χ0v) is 22.0. The number of fused-ring (bicyclic) bond motifs is 7. The molecule has 34 heavy (non-hydrogen) atoms. The highest BCUT2D eigenvalue weighted by Crippen LogP contribution is 2.75. The van der Waals surface area contributed by atoms with Crippen LogP contribution in [0, 0.1) is 63.2 Å². The van der Waals surface area contributed by atoms with E-state index in [0.29, 0.717) is 12.2 Å². The summed E-state index contributed by atoms with van der Waals surface area (Å²) in [6, 6.07) is 0. The van der Waals surface area contributed by atoms with Gasteiger partial charge >= 0.3 is 0 Å². The number of ketones is 2.